The number of hydrogen-bond donors (Lipinski definition) is 2. The predicted octanol–water partition coefficient (Wildman–Crippen LogP) is 2.15. The van der Waals surface area contributed by atoms with E-state index in [-0.39, 0.29) is 13.0 Å². The van der Waals surface area contributed by atoms with Crippen LogP contribution in [0, 0.1) is 5.92 Å². The summed E-state index contributed by atoms with van der Waals surface area (Å²) in [4.78, 5) is 24.7. The maximum atomic E-state index is 12.4. The Balaban J connectivity index is 2.00. The van der Waals surface area contributed by atoms with Gasteiger partial charge in [-0.25, -0.2) is 0 Å². The minimum absolute atomic E-state index is 0.197. The SMILES string of the molecule is CCNCc1ccccc1NC(=O)C1CC(=O)N(CC(F)(F)F)C1. The molecule has 0 aromatic heterocycles. The first-order valence-corrected chi connectivity index (χ1v) is 7.74. The van der Waals surface area contributed by atoms with E-state index < -0.39 is 30.5 Å². The predicted molar refractivity (Wildman–Crippen MR) is 83.2 cm³/mol. The highest BCUT2D eigenvalue weighted by atomic mass is 19.4. The average Bonchev–Trinajstić information content (AvgIpc) is 2.85. The smallest absolute Gasteiger partial charge is 0.333 e. The molecule has 1 heterocycles. The minimum Gasteiger partial charge on any atom is -0.333 e. The van der Waals surface area contributed by atoms with Crippen molar-refractivity contribution in [1.82, 2.24) is 10.2 Å². The summed E-state index contributed by atoms with van der Waals surface area (Å²) in [6.07, 6.45) is -4.66. The normalized spacial score (nSPS) is 18.1. The van der Waals surface area contributed by atoms with Crippen molar-refractivity contribution in [2.24, 2.45) is 5.92 Å². The zero-order valence-electron chi connectivity index (χ0n) is 13.3. The van der Waals surface area contributed by atoms with Gasteiger partial charge in [0.1, 0.15) is 6.54 Å². The number of alkyl halides is 3. The number of benzene rings is 1. The summed E-state index contributed by atoms with van der Waals surface area (Å²) in [5.41, 5.74) is 1.48. The Kier molecular flexibility index (Phi) is 5.82. The molecule has 1 aliphatic rings. The number of nitrogens with one attached hydrogen (secondary N) is 2. The molecule has 5 nitrogen and oxygen atoms in total. The van der Waals surface area contributed by atoms with Crippen molar-refractivity contribution in [2.45, 2.75) is 26.1 Å². The standard InChI is InChI=1S/C16H20F3N3O2/c1-2-20-8-11-5-3-4-6-13(11)21-15(24)12-7-14(23)22(9-12)10-16(17,18)19/h3-6,12,20H,2,7-10H2,1H3,(H,21,24). The lowest BCUT2D eigenvalue weighted by Crippen LogP contribution is -2.36. The first-order chi connectivity index (χ1) is 11.3. The largest absolute Gasteiger partial charge is 0.406 e. The number of nitrogens with zero attached hydrogens (tertiary/aromatic N) is 1. The van der Waals surface area contributed by atoms with Crippen molar-refractivity contribution in [3.63, 3.8) is 0 Å². The Morgan fingerprint density at radius 2 is 2.04 bits per heavy atom. The van der Waals surface area contributed by atoms with Crippen LogP contribution in [0.1, 0.15) is 18.9 Å². The molecule has 0 radical (unpaired) electrons. The third-order valence-electron chi connectivity index (χ3n) is 3.80. The van der Waals surface area contributed by atoms with Crippen LogP contribution >= 0.6 is 0 Å². The summed E-state index contributed by atoms with van der Waals surface area (Å²) in [6.45, 7) is 1.77. The van der Waals surface area contributed by atoms with Crippen molar-refractivity contribution in [3.05, 3.63) is 29.8 Å². The summed E-state index contributed by atoms with van der Waals surface area (Å²) >= 11 is 0. The fourth-order valence-corrected chi connectivity index (χ4v) is 2.61. The summed E-state index contributed by atoms with van der Waals surface area (Å²) in [7, 11) is 0. The van der Waals surface area contributed by atoms with E-state index >= 15 is 0 Å². The molecule has 8 heteroatoms. The van der Waals surface area contributed by atoms with Crippen LogP contribution in [-0.4, -0.2) is 42.5 Å². The van der Waals surface area contributed by atoms with Gasteiger partial charge in [-0.1, -0.05) is 25.1 Å². The van der Waals surface area contributed by atoms with E-state index in [2.05, 4.69) is 10.6 Å². The second kappa shape index (κ2) is 7.65. The molecule has 2 N–H and O–H groups in total. The second-order valence-electron chi connectivity index (χ2n) is 5.72. The van der Waals surface area contributed by atoms with Gasteiger partial charge in [0.05, 0.1) is 5.92 Å². The Morgan fingerprint density at radius 3 is 2.71 bits per heavy atom. The Labute approximate surface area is 138 Å². The van der Waals surface area contributed by atoms with Crippen molar-refractivity contribution in [1.29, 1.82) is 0 Å². The summed E-state index contributed by atoms with van der Waals surface area (Å²) in [5.74, 6) is -1.85. The van der Waals surface area contributed by atoms with E-state index in [1.54, 1.807) is 12.1 Å². The molecular formula is C16H20F3N3O2. The lowest BCUT2D eigenvalue weighted by Gasteiger charge is -2.18. The van der Waals surface area contributed by atoms with Gasteiger partial charge in [0.25, 0.3) is 0 Å². The summed E-state index contributed by atoms with van der Waals surface area (Å²) < 4.78 is 37.3. The molecule has 24 heavy (non-hydrogen) atoms. The monoisotopic (exact) mass is 343 g/mol. The van der Waals surface area contributed by atoms with Crippen molar-refractivity contribution in [2.75, 3.05) is 25.0 Å². The molecule has 0 spiro atoms. The van der Waals surface area contributed by atoms with E-state index in [0.717, 1.165) is 12.1 Å². The number of amides is 2. The first-order valence-electron chi connectivity index (χ1n) is 7.74. The summed E-state index contributed by atoms with van der Waals surface area (Å²) in [6, 6.07) is 7.19. The molecule has 1 aliphatic heterocycles. The summed E-state index contributed by atoms with van der Waals surface area (Å²) in [5, 5.41) is 5.88. The molecule has 0 aliphatic carbocycles. The Bertz CT molecular complexity index is 604. The first kappa shape index (κ1) is 18.3. The number of hydrogen-bond acceptors (Lipinski definition) is 3. The van der Waals surface area contributed by atoms with Crippen LogP contribution in [0.2, 0.25) is 0 Å². The molecule has 2 rings (SSSR count). The van der Waals surface area contributed by atoms with E-state index in [0.29, 0.717) is 17.1 Å². The van der Waals surface area contributed by atoms with Crippen LogP contribution < -0.4 is 10.6 Å². The highest BCUT2D eigenvalue weighted by Crippen LogP contribution is 2.25. The molecule has 0 bridgehead atoms. The highest BCUT2D eigenvalue weighted by Gasteiger charge is 2.40. The van der Waals surface area contributed by atoms with Crippen LogP contribution in [0.4, 0.5) is 18.9 Å². The van der Waals surface area contributed by atoms with Crippen molar-refractivity contribution >= 4 is 17.5 Å². The highest BCUT2D eigenvalue weighted by molar-refractivity contribution is 5.97. The minimum atomic E-state index is -4.46. The lowest BCUT2D eigenvalue weighted by atomic mass is 10.1. The number of likely N-dealkylation sites (tertiary alicyclic amines) is 1. The van der Waals surface area contributed by atoms with E-state index in [9.17, 15) is 22.8 Å². The van der Waals surface area contributed by atoms with Gasteiger partial charge in [-0.15, -0.1) is 0 Å². The zero-order chi connectivity index (χ0) is 17.7. The van der Waals surface area contributed by atoms with Gasteiger partial charge in [0.2, 0.25) is 11.8 Å². The second-order valence-corrected chi connectivity index (χ2v) is 5.72. The fourth-order valence-electron chi connectivity index (χ4n) is 2.61. The Hall–Kier alpha value is -2.09. The molecule has 0 saturated carbocycles. The van der Waals surface area contributed by atoms with E-state index in [4.69, 9.17) is 0 Å². The van der Waals surface area contributed by atoms with Gasteiger partial charge in [0, 0.05) is 25.2 Å². The molecule has 1 saturated heterocycles. The van der Waals surface area contributed by atoms with Gasteiger partial charge in [0.15, 0.2) is 0 Å². The maximum Gasteiger partial charge on any atom is 0.406 e. The number of halogens is 3. The van der Waals surface area contributed by atoms with Crippen LogP contribution in [0.5, 0.6) is 0 Å². The quantitative estimate of drug-likeness (QED) is 0.832. The van der Waals surface area contributed by atoms with Crippen LogP contribution in [0.15, 0.2) is 24.3 Å². The number of rotatable bonds is 6. The maximum absolute atomic E-state index is 12.4. The van der Waals surface area contributed by atoms with E-state index in [1.165, 1.54) is 0 Å². The lowest BCUT2D eigenvalue weighted by molar-refractivity contribution is -0.157. The molecule has 1 fully saturated rings. The molecule has 2 amide bonds. The van der Waals surface area contributed by atoms with Crippen LogP contribution in [0.25, 0.3) is 0 Å². The van der Waals surface area contributed by atoms with Gasteiger partial charge in [-0.05, 0) is 18.2 Å². The van der Waals surface area contributed by atoms with Crippen molar-refractivity contribution in [3.8, 4) is 0 Å². The molecule has 1 unspecified atom stereocenters. The average molecular weight is 343 g/mol. The van der Waals surface area contributed by atoms with Gasteiger partial charge >= 0.3 is 6.18 Å². The Morgan fingerprint density at radius 1 is 1.33 bits per heavy atom. The van der Waals surface area contributed by atoms with Gasteiger partial charge in [-0.3, -0.25) is 9.59 Å². The molecule has 1 aromatic rings. The third kappa shape index (κ3) is 4.95. The third-order valence-corrected chi connectivity index (χ3v) is 3.80. The molecule has 1 aromatic carbocycles. The topological polar surface area (TPSA) is 61.4 Å². The molecule has 132 valence electrons. The fraction of sp³-hybridized carbons (Fsp3) is 0.500. The van der Waals surface area contributed by atoms with Gasteiger partial charge in [-0.2, -0.15) is 13.2 Å². The number of para-hydroxylation sites is 1. The van der Waals surface area contributed by atoms with Gasteiger partial charge < -0.3 is 15.5 Å². The zero-order valence-corrected chi connectivity index (χ0v) is 13.3. The number of anilines is 1. The van der Waals surface area contributed by atoms with E-state index in [1.807, 2.05) is 19.1 Å². The molecule has 1 atom stereocenters. The van der Waals surface area contributed by atoms with Crippen LogP contribution in [-0.2, 0) is 16.1 Å². The molecular weight excluding hydrogens is 323 g/mol. The number of carbonyl (C=O) groups is 2. The van der Waals surface area contributed by atoms with Crippen molar-refractivity contribution < 1.29 is 22.8 Å². The number of carbonyl (C=O) groups excluding carboxylic acids is 2. The van der Waals surface area contributed by atoms with Crippen LogP contribution in [0.3, 0.4) is 0 Å².